The minimum atomic E-state index is -0.213. The Morgan fingerprint density at radius 3 is 2.00 bits per heavy atom. The van der Waals surface area contributed by atoms with Gasteiger partial charge in [0.1, 0.15) is 6.29 Å². The summed E-state index contributed by atoms with van der Waals surface area (Å²) in [5.74, 6) is -0.362. The lowest BCUT2D eigenvalue weighted by Gasteiger charge is -2.05. The molecule has 2 aromatic rings. The van der Waals surface area contributed by atoms with Crippen LogP contribution in [0.2, 0.25) is 0 Å². The topological polar surface area (TPSA) is 108 Å². The van der Waals surface area contributed by atoms with Crippen molar-refractivity contribution in [3.8, 4) is 0 Å². The zero-order valence-corrected chi connectivity index (χ0v) is 22.2. The quantitative estimate of drug-likeness (QED) is 0.237. The van der Waals surface area contributed by atoms with Crippen molar-refractivity contribution in [2.75, 3.05) is 26.3 Å². The van der Waals surface area contributed by atoms with Crippen LogP contribution >= 0.6 is 31.9 Å². The van der Waals surface area contributed by atoms with Gasteiger partial charge in [-0.3, -0.25) is 14.4 Å². The molecule has 2 rings (SSSR count). The average Bonchev–Trinajstić information content (AvgIpc) is 2.78. The summed E-state index contributed by atoms with van der Waals surface area (Å²) in [7, 11) is 0. The van der Waals surface area contributed by atoms with E-state index in [1.807, 2.05) is 37.3 Å². The summed E-state index contributed by atoms with van der Waals surface area (Å²) in [4.78, 5) is 31.5. The highest BCUT2D eigenvalue weighted by molar-refractivity contribution is 9.10. The molecular formula is C24H32Br2N2O5. The van der Waals surface area contributed by atoms with Gasteiger partial charge in [0.05, 0.1) is 26.1 Å². The molecule has 3 N–H and O–H groups in total. The van der Waals surface area contributed by atoms with Gasteiger partial charge in [-0.25, -0.2) is 0 Å². The zero-order chi connectivity index (χ0) is 24.9. The molecule has 0 saturated heterocycles. The van der Waals surface area contributed by atoms with E-state index in [4.69, 9.17) is 10.5 Å². The van der Waals surface area contributed by atoms with Crippen molar-refractivity contribution in [2.24, 2.45) is 5.73 Å². The van der Waals surface area contributed by atoms with Crippen molar-refractivity contribution in [2.45, 2.75) is 33.2 Å². The molecule has 182 valence electrons. The molecule has 0 amide bonds. The molecule has 0 aliphatic rings. The van der Waals surface area contributed by atoms with Crippen LogP contribution < -0.4 is 11.1 Å². The molecule has 0 spiro atoms. The number of halogens is 2. The molecule has 0 heterocycles. The number of aldehydes is 1. The second kappa shape index (κ2) is 20.5. The van der Waals surface area contributed by atoms with E-state index >= 15 is 0 Å². The normalized spacial score (nSPS) is 9.48. The Kier molecular flexibility index (Phi) is 19.2. The highest BCUT2D eigenvalue weighted by atomic mass is 79.9. The maximum Gasteiger partial charge on any atom is 0.307 e. The van der Waals surface area contributed by atoms with Crippen molar-refractivity contribution in [1.29, 1.82) is 0 Å². The number of nitrogens with one attached hydrogen (secondary N) is 1. The van der Waals surface area contributed by atoms with Gasteiger partial charge in [0.2, 0.25) is 0 Å². The number of hydrogen-bond donors (Lipinski definition) is 2. The Bertz CT molecular complexity index is 826. The fraction of sp³-hybridized carbons (Fsp3) is 0.375. The lowest BCUT2D eigenvalue weighted by molar-refractivity contribution is -0.143. The molecule has 0 saturated carbocycles. The van der Waals surface area contributed by atoms with Crippen molar-refractivity contribution in [1.82, 2.24) is 5.32 Å². The first-order chi connectivity index (χ1) is 15.9. The standard InChI is InChI=1S/C12H16BrNO2.C7H5BrO.C5H11NO2/c1-2-16-12(15)6-7-14-9-10-4-3-5-11(13)8-10;8-7-3-1-2-6(4-7)5-9;1-2-8-5(7)3-4-6/h3-5,8,14H,2,6-7,9H2,1H3;1-5H;2-4,6H2,1H3. The molecule has 33 heavy (non-hydrogen) atoms. The van der Waals surface area contributed by atoms with E-state index in [2.05, 4.69) is 48.0 Å². The Hall–Kier alpha value is -2.07. The largest absolute Gasteiger partial charge is 0.466 e. The van der Waals surface area contributed by atoms with Crippen molar-refractivity contribution in [3.63, 3.8) is 0 Å². The molecule has 0 fully saturated rings. The lowest BCUT2D eigenvalue weighted by Crippen LogP contribution is -2.18. The number of esters is 2. The van der Waals surface area contributed by atoms with Gasteiger partial charge in [-0.1, -0.05) is 56.1 Å². The van der Waals surface area contributed by atoms with E-state index in [9.17, 15) is 14.4 Å². The Labute approximate surface area is 212 Å². The Morgan fingerprint density at radius 2 is 1.52 bits per heavy atom. The summed E-state index contributed by atoms with van der Waals surface area (Å²) in [5.41, 5.74) is 6.95. The molecule has 0 aliphatic carbocycles. The lowest BCUT2D eigenvalue weighted by atomic mass is 10.2. The summed E-state index contributed by atoms with van der Waals surface area (Å²) < 4.78 is 11.4. The number of ether oxygens (including phenoxy) is 2. The summed E-state index contributed by atoms with van der Waals surface area (Å²) in [6, 6.07) is 15.3. The first-order valence-corrected chi connectivity index (χ1v) is 12.1. The van der Waals surface area contributed by atoms with Crippen molar-refractivity contribution < 1.29 is 23.9 Å². The summed E-state index contributed by atoms with van der Waals surface area (Å²) in [6.45, 7) is 6.26. The minimum absolute atomic E-state index is 0.149. The SMILES string of the molecule is CCOC(=O)CCN.CCOC(=O)CCNCc1cccc(Br)c1.O=Cc1cccc(Br)c1. The van der Waals surface area contributed by atoms with Crippen molar-refractivity contribution >= 4 is 50.1 Å². The van der Waals surface area contributed by atoms with Gasteiger partial charge in [-0.05, 0) is 43.7 Å². The molecule has 0 atom stereocenters. The van der Waals surface area contributed by atoms with Gasteiger partial charge in [0.25, 0.3) is 0 Å². The first-order valence-electron chi connectivity index (χ1n) is 10.5. The second-order valence-corrected chi connectivity index (χ2v) is 8.21. The zero-order valence-electron chi connectivity index (χ0n) is 19.0. The fourth-order valence-electron chi connectivity index (χ4n) is 2.23. The van der Waals surface area contributed by atoms with Crippen molar-refractivity contribution in [3.05, 3.63) is 68.6 Å². The molecule has 2 aromatic carbocycles. The molecular weight excluding hydrogens is 556 g/mol. The van der Waals surface area contributed by atoms with Crippen LogP contribution in [0.15, 0.2) is 57.5 Å². The predicted octanol–water partition coefficient (Wildman–Crippen LogP) is 4.65. The van der Waals surface area contributed by atoms with Gasteiger partial charge >= 0.3 is 11.9 Å². The van der Waals surface area contributed by atoms with Gasteiger partial charge in [0, 0.05) is 34.1 Å². The minimum Gasteiger partial charge on any atom is -0.466 e. The van der Waals surface area contributed by atoms with E-state index in [-0.39, 0.29) is 11.9 Å². The molecule has 0 bridgehead atoms. The van der Waals surface area contributed by atoms with E-state index < -0.39 is 0 Å². The summed E-state index contributed by atoms with van der Waals surface area (Å²) >= 11 is 6.66. The maximum absolute atomic E-state index is 11.0. The van der Waals surface area contributed by atoms with Gasteiger partial charge in [-0.2, -0.15) is 0 Å². The van der Waals surface area contributed by atoms with Crippen LogP contribution in [-0.4, -0.2) is 44.5 Å². The molecule has 9 heteroatoms. The molecule has 0 aromatic heterocycles. The van der Waals surface area contributed by atoms with Gasteiger partial charge < -0.3 is 20.5 Å². The van der Waals surface area contributed by atoms with Crippen LogP contribution in [0.5, 0.6) is 0 Å². The number of carbonyl (C=O) groups is 3. The van der Waals surface area contributed by atoms with E-state index in [0.717, 1.165) is 21.8 Å². The highest BCUT2D eigenvalue weighted by Gasteiger charge is 2.00. The van der Waals surface area contributed by atoms with Crippen LogP contribution in [0.25, 0.3) is 0 Å². The number of hydrogen-bond acceptors (Lipinski definition) is 7. The van der Waals surface area contributed by atoms with E-state index in [0.29, 0.717) is 44.7 Å². The third-order valence-corrected chi connectivity index (χ3v) is 4.65. The highest BCUT2D eigenvalue weighted by Crippen LogP contribution is 2.11. The molecule has 0 unspecified atom stereocenters. The fourth-order valence-corrected chi connectivity index (χ4v) is 3.10. The monoisotopic (exact) mass is 586 g/mol. The summed E-state index contributed by atoms with van der Waals surface area (Å²) in [6.07, 6.45) is 1.57. The smallest absolute Gasteiger partial charge is 0.307 e. The molecule has 0 aliphatic heterocycles. The predicted molar refractivity (Wildman–Crippen MR) is 137 cm³/mol. The summed E-state index contributed by atoms with van der Waals surface area (Å²) in [5, 5.41) is 3.20. The molecule has 0 radical (unpaired) electrons. The van der Waals surface area contributed by atoms with Crippen LogP contribution in [-0.2, 0) is 25.6 Å². The van der Waals surface area contributed by atoms with Crippen LogP contribution in [0.1, 0.15) is 42.6 Å². The van der Waals surface area contributed by atoms with E-state index in [1.165, 1.54) is 5.56 Å². The van der Waals surface area contributed by atoms with Gasteiger partial charge in [0.15, 0.2) is 0 Å². The first kappa shape index (κ1) is 30.9. The third-order valence-electron chi connectivity index (χ3n) is 3.67. The number of rotatable bonds is 10. The number of benzene rings is 2. The van der Waals surface area contributed by atoms with Crippen LogP contribution in [0, 0.1) is 0 Å². The second-order valence-electron chi connectivity index (χ2n) is 6.38. The number of nitrogens with two attached hydrogens (primary N) is 1. The van der Waals surface area contributed by atoms with Crippen LogP contribution in [0.4, 0.5) is 0 Å². The average molecular weight is 588 g/mol. The number of carbonyl (C=O) groups excluding carboxylic acids is 3. The van der Waals surface area contributed by atoms with Gasteiger partial charge in [-0.15, -0.1) is 0 Å². The van der Waals surface area contributed by atoms with Crippen LogP contribution in [0.3, 0.4) is 0 Å². The molecule has 7 nitrogen and oxygen atoms in total. The Balaban J connectivity index is 0.000000511. The third kappa shape index (κ3) is 18.1. The van der Waals surface area contributed by atoms with E-state index in [1.54, 1.807) is 19.1 Å². The Morgan fingerprint density at radius 1 is 0.939 bits per heavy atom. The maximum atomic E-state index is 11.0.